The molecule has 1 N–H and O–H groups in total. The summed E-state index contributed by atoms with van der Waals surface area (Å²) in [5.41, 5.74) is 1.55. The van der Waals surface area contributed by atoms with Gasteiger partial charge in [-0.05, 0) is 31.2 Å². The maximum absolute atomic E-state index is 12.6. The summed E-state index contributed by atoms with van der Waals surface area (Å²) in [6.07, 6.45) is -0.713. The zero-order chi connectivity index (χ0) is 19.1. The molecular formula is C19H15N5O3S. The number of para-hydroxylation sites is 2. The van der Waals surface area contributed by atoms with Crippen molar-refractivity contribution in [2.45, 2.75) is 13.0 Å². The van der Waals surface area contributed by atoms with Gasteiger partial charge in [0.25, 0.3) is 5.91 Å². The Labute approximate surface area is 163 Å². The van der Waals surface area contributed by atoms with Crippen molar-refractivity contribution in [3.8, 4) is 22.1 Å². The highest BCUT2D eigenvalue weighted by Gasteiger charge is 2.27. The predicted octanol–water partition coefficient (Wildman–Crippen LogP) is 2.94. The molecule has 28 heavy (non-hydrogen) atoms. The maximum atomic E-state index is 12.6. The van der Waals surface area contributed by atoms with Gasteiger partial charge in [-0.15, -0.1) is 10.2 Å². The number of hydrogen-bond donors (Lipinski definition) is 1. The molecule has 2 aromatic carbocycles. The monoisotopic (exact) mass is 393 g/mol. The number of amides is 1. The highest BCUT2D eigenvalue weighted by Crippen LogP contribution is 2.31. The fraction of sp³-hybridized carbons (Fsp3) is 0.158. The van der Waals surface area contributed by atoms with Gasteiger partial charge >= 0.3 is 0 Å². The quantitative estimate of drug-likeness (QED) is 0.576. The number of rotatable bonds is 3. The zero-order valence-electron chi connectivity index (χ0n) is 14.8. The summed E-state index contributed by atoms with van der Waals surface area (Å²) in [7, 11) is 0. The number of ether oxygens (including phenoxy) is 2. The van der Waals surface area contributed by atoms with E-state index in [1.807, 2.05) is 49.4 Å². The van der Waals surface area contributed by atoms with E-state index in [0.29, 0.717) is 17.2 Å². The van der Waals surface area contributed by atoms with Gasteiger partial charge in [-0.1, -0.05) is 35.6 Å². The van der Waals surface area contributed by atoms with Crippen LogP contribution >= 0.6 is 11.3 Å². The molecule has 5 rings (SSSR count). The van der Waals surface area contributed by atoms with Crippen molar-refractivity contribution in [3.63, 3.8) is 0 Å². The van der Waals surface area contributed by atoms with E-state index in [0.717, 1.165) is 21.4 Å². The molecule has 2 aromatic heterocycles. The standard InChI is InChI=1S/C19H15N5O3S/c1-11-21-22-19-24(11)23-18(28-19)12-5-4-6-13(9-12)20-17(25)16-10-26-14-7-2-3-8-15(14)27-16/h2-9,16H,10H2,1H3,(H,20,25). The highest BCUT2D eigenvalue weighted by atomic mass is 32.1. The van der Waals surface area contributed by atoms with Crippen molar-refractivity contribution in [2.75, 3.05) is 11.9 Å². The summed E-state index contributed by atoms with van der Waals surface area (Å²) >= 11 is 1.44. The van der Waals surface area contributed by atoms with Gasteiger partial charge in [0, 0.05) is 11.3 Å². The van der Waals surface area contributed by atoms with E-state index in [-0.39, 0.29) is 12.5 Å². The minimum Gasteiger partial charge on any atom is -0.485 e. The Bertz CT molecular complexity index is 1190. The van der Waals surface area contributed by atoms with E-state index in [1.165, 1.54) is 11.3 Å². The van der Waals surface area contributed by atoms with Crippen LogP contribution in [-0.4, -0.2) is 38.4 Å². The van der Waals surface area contributed by atoms with Crippen molar-refractivity contribution in [3.05, 3.63) is 54.4 Å². The largest absolute Gasteiger partial charge is 0.485 e. The smallest absolute Gasteiger partial charge is 0.269 e. The Morgan fingerprint density at radius 3 is 2.89 bits per heavy atom. The number of hydrogen-bond acceptors (Lipinski definition) is 7. The van der Waals surface area contributed by atoms with E-state index in [2.05, 4.69) is 20.6 Å². The number of nitrogens with zero attached hydrogens (tertiary/aromatic N) is 4. The molecule has 4 aromatic rings. The lowest BCUT2D eigenvalue weighted by Gasteiger charge is -2.25. The summed E-state index contributed by atoms with van der Waals surface area (Å²) in [6, 6.07) is 14.8. The second-order valence-electron chi connectivity index (χ2n) is 6.28. The van der Waals surface area contributed by atoms with Gasteiger partial charge < -0.3 is 14.8 Å². The van der Waals surface area contributed by atoms with Gasteiger partial charge in [0.05, 0.1) is 0 Å². The average Bonchev–Trinajstić information content (AvgIpc) is 3.30. The number of carbonyl (C=O) groups excluding carboxylic acids is 1. The van der Waals surface area contributed by atoms with Crippen molar-refractivity contribution >= 4 is 27.9 Å². The van der Waals surface area contributed by atoms with Gasteiger partial charge in [-0.2, -0.15) is 9.61 Å². The molecule has 1 amide bonds. The number of aromatic nitrogens is 4. The van der Waals surface area contributed by atoms with Gasteiger partial charge in [0.2, 0.25) is 11.1 Å². The van der Waals surface area contributed by atoms with Crippen molar-refractivity contribution < 1.29 is 14.3 Å². The molecule has 1 aliphatic heterocycles. The molecule has 0 saturated heterocycles. The van der Waals surface area contributed by atoms with E-state index < -0.39 is 6.10 Å². The van der Waals surface area contributed by atoms with Crippen LogP contribution in [0.25, 0.3) is 15.5 Å². The van der Waals surface area contributed by atoms with Gasteiger partial charge in [0.15, 0.2) is 17.3 Å². The van der Waals surface area contributed by atoms with Crippen LogP contribution in [0.15, 0.2) is 48.5 Å². The Hall–Kier alpha value is -3.46. The second kappa shape index (κ2) is 6.61. The molecule has 140 valence electrons. The molecule has 0 spiro atoms. The lowest BCUT2D eigenvalue weighted by atomic mass is 10.2. The summed E-state index contributed by atoms with van der Waals surface area (Å²) in [5, 5.41) is 16.3. The molecule has 0 saturated carbocycles. The molecule has 0 fully saturated rings. The second-order valence-corrected chi connectivity index (χ2v) is 7.24. The Morgan fingerprint density at radius 2 is 2.04 bits per heavy atom. The fourth-order valence-corrected chi connectivity index (χ4v) is 3.81. The molecule has 0 aliphatic carbocycles. The van der Waals surface area contributed by atoms with Crippen LogP contribution in [0.1, 0.15) is 5.82 Å². The van der Waals surface area contributed by atoms with Crippen LogP contribution in [-0.2, 0) is 4.79 Å². The number of aryl methyl sites for hydroxylation is 1. The minimum atomic E-state index is -0.713. The number of carbonyl (C=O) groups is 1. The summed E-state index contributed by atoms with van der Waals surface area (Å²) in [6.45, 7) is 2.02. The van der Waals surface area contributed by atoms with Crippen molar-refractivity contribution in [1.82, 2.24) is 19.8 Å². The van der Waals surface area contributed by atoms with E-state index in [1.54, 1.807) is 10.6 Å². The predicted molar refractivity (Wildman–Crippen MR) is 104 cm³/mol. The highest BCUT2D eigenvalue weighted by molar-refractivity contribution is 7.19. The SMILES string of the molecule is Cc1nnc2sc(-c3cccc(NC(=O)C4COc5ccccc5O4)c3)nn12. The number of nitrogens with one attached hydrogen (secondary N) is 1. The Balaban J connectivity index is 1.34. The van der Waals surface area contributed by atoms with E-state index >= 15 is 0 Å². The minimum absolute atomic E-state index is 0.165. The first-order chi connectivity index (χ1) is 13.7. The molecular weight excluding hydrogens is 378 g/mol. The first-order valence-electron chi connectivity index (χ1n) is 8.66. The summed E-state index contributed by atoms with van der Waals surface area (Å²) in [4.78, 5) is 13.3. The summed E-state index contributed by atoms with van der Waals surface area (Å²) in [5.74, 6) is 1.68. The molecule has 8 nitrogen and oxygen atoms in total. The lowest BCUT2D eigenvalue weighted by Crippen LogP contribution is -2.40. The molecule has 0 radical (unpaired) electrons. The maximum Gasteiger partial charge on any atom is 0.269 e. The first-order valence-corrected chi connectivity index (χ1v) is 9.48. The third-order valence-electron chi connectivity index (χ3n) is 4.32. The third kappa shape index (κ3) is 2.95. The van der Waals surface area contributed by atoms with Crippen molar-refractivity contribution in [1.29, 1.82) is 0 Å². The van der Waals surface area contributed by atoms with Crippen LogP contribution in [0.4, 0.5) is 5.69 Å². The van der Waals surface area contributed by atoms with Crippen LogP contribution in [0, 0.1) is 6.92 Å². The van der Waals surface area contributed by atoms with Gasteiger partial charge in [-0.3, -0.25) is 4.79 Å². The van der Waals surface area contributed by atoms with Crippen LogP contribution in [0.3, 0.4) is 0 Å². The molecule has 1 atom stereocenters. The van der Waals surface area contributed by atoms with Crippen LogP contribution in [0.5, 0.6) is 11.5 Å². The number of fused-ring (bicyclic) bond motifs is 2. The van der Waals surface area contributed by atoms with Crippen LogP contribution < -0.4 is 14.8 Å². The topological polar surface area (TPSA) is 90.6 Å². The van der Waals surface area contributed by atoms with E-state index in [4.69, 9.17) is 9.47 Å². The van der Waals surface area contributed by atoms with E-state index in [9.17, 15) is 4.79 Å². The lowest BCUT2D eigenvalue weighted by molar-refractivity contribution is -0.125. The van der Waals surface area contributed by atoms with Crippen LogP contribution in [0.2, 0.25) is 0 Å². The fourth-order valence-electron chi connectivity index (χ4n) is 2.93. The third-order valence-corrected chi connectivity index (χ3v) is 5.27. The molecule has 9 heteroatoms. The zero-order valence-corrected chi connectivity index (χ0v) is 15.6. The average molecular weight is 393 g/mol. The van der Waals surface area contributed by atoms with Crippen molar-refractivity contribution in [2.24, 2.45) is 0 Å². The molecule has 1 aliphatic rings. The Kier molecular flexibility index (Phi) is 3.94. The normalized spacial score (nSPS) is 15.5. The number of benzene rings is 2. The van der Waals surface area contributed by atoms with Gasteiger partial charge in [-0.25, -0.2) is 0 Å². The molecule has 3 heterocycles. The number of anilines is 1. The first kappa shape index (κ1) is 16.7. The van der Waals surface area contributed by atoms with Gasteiger partial charge in [0.1, 0.15) is 11.6 Å². The molecule has 1 unspecified atom stereocenters. The summed E-state index contributed by atoms with van der Waals surface area (Å²) < 4.78 is 13.1. The molecule has 0 bridgehead atoms. The Morgan fingerprint density at radius 1 is 1.18 bits per heavy atom.